The normalized spacial score (nSPS) is 14.0. The quantitative estimate of drug-likeness (QED) is 0.670. The summed E-state index contributed by atoms with van der Waals surface area (Å²) in [4.78, 5) is -1.17. The maximum absolute atomic E-state index is 16.2. The van der Waals surface area contributed by atoms with Gasteiger partial charge in [0.2, 0.25) is 19.7 Å². The van der Waals surface area contributed by atoms with Crippen molar-refractivity contribution >= 4 is 19.7 Å². The highest BCUT2D eigenvalue weighted by Gasteiger charge is 2.63. The smallest absolute Gasteiger partial charge is 0.349 e. The lowest BCUT2D eigenvalue weighted by Crippen LogP contribution is -2.47. The van der Waals surface area contributed by atoms with Crippen molar-refractivity contribution < 1.29 is 30.7 Å². The van der Waals surface area contributed by atoms with Crippen LogP contribution in [-0.2, 0) is 19.7 Å². The van der Waals surface area contributed by atoms with E-state index in [0.717, 1.165) is 36.6 Å². The van der Waals surface area contributed by atoms with Crippen molar-refractivity contribution in [2.75, 3.05) is 0 Å². The second-order valence-corrected chi connectivity index (χ2v) is 10.0. The van der Waals surface area contributed by atoms with Crippen molar-refractivity contribution in [1.29, 1.82) is 0 Å². The van der Waals surface area contributed by atoms with E-state index in [2.05, 4.69) is 0 Å². The van der Waals surface area contributed by atoms with Crippen molar-refractivity contribution in [2.45, 2.75) is 20.2 Å². The molecule has 6 nitrogen and oxygen atoms in total. The molecule has 9 heteroatoms. The summed E-state index contributed by atoms with van der Waals surface area (Å²) in [6.07, 6.45) is -1.54. The van der Waals surface area contributed by atoms with Gasteiger partial charge in [-0.15, -0.1) is 0 Å². The lowest BCUT2D eigenvalue weighted by Gasteiger charge is -2.28. The maximum Gasteiger partial charge on any atom is 0.349 e. The summed E-state index contributed by atoms with van der Waals surface area (Å²) in [6.45, 7) is 0. The van der Waals surface area contributed by atoms with Crippen molar-refractivity contribution in [1.82, 2.24) is 0 Å². The fraction of sp³-hybridized carbons (Fsp3) is 0.111. The van der Waals surface area contributed by atoms with Crippen LogP contribution in [0.15, 0.2) is 93.3 Å². The van der Waals surface area contributed by atoms with Crippen LogP contribution in [0.25, 0.3) is 0 Å². The first-order valence-corrected chi connectivity index (χ1v) is 10.7. The van der Waals surface area contributed by atoms with Gasteiger partial charge in [-0.3, -0.25) is 0 Å². The number of aliphatic hydroxyl groups is 1. The zero-order chi connectivity index (χ0) is 19.7. The lowest BCUT2D eigenvalue weighted by molar-refractivity contribution is 0.0748. The highest BCUT2D eigenvalue weighted by molar-refractivity contribution is 8.10. The molecule has 0 aliphatic carbocycles. The Balaban J connectivity index is 2.31. The molecule has 142 valence electrons. The lowest BCUT2D eigenvalue weighted by atomic mass is 10.3. The summed E-state index contributed by atoms with van der Waals surface area (Å²) in [7, 11) is -10.4. The summed E-state index contributed by atoms with van der Waals surface area (Å²) in [5.74, 6) is -0.531. The van der Waals surface area contributed by atoms with Crippen LogP contribution in [0.4, 0.5) is 4.39 Å². The van der Waals surface area contributed by atoms with E-state index < -0.39 is 45.7 Å². The number of sulfone groups is 2. The van der Waals surface area contributed by atoms with E-state index in [4.69, 9.17) is 4.42 Å². The third kappa shape index (κ3) is 2.97. The van der Waals surface area contributed by atoms with Gasteiger partial charge in [-0.05, 0) is 36.4 Å². The van der Waals surface area contributed by atoms with Crippen LogP contribution in [0.3, 0.4) is 0 Å². The summed E-state index contributed by atoms with van der Waals surface area (Å²) >= 11 is 0. The predicted octanol–water partition coefficient (Wildman–Crippen LogP) is 2.88. The molecule has 0 bridgehead atoms. The average molecular weight is 410 g/mol. The Bertz CT molecular complexity index is 1040. The van der Waals surface area contributed by atoms with Gasteiger partial charge in [-0.1, -0.05) is 36.4 Å². The van der Waals surface area contributed by atoms with Gasteiger partial charge < -0.3 is 9.52 Å². The fourth-order valence-corrected chi connectivity index (χ4v) is 6.80. The first-order chi connectivity index (χ1) is 12.7. The number of hydrogen-bond donors (Lipinski definition) is 1. The van der Waals surface area contributed by atoms with E-state index in [1.807, 2.05) is 0 Å². The molecular weight excluding hydrogens is 395 g/mol. The molecule has 0 saturated heterocycles. The minimum atomic E-state index is -5.20. The second kappa shape index (κ2) is 6.91. The molecule has 0 fully saturated rings. The average Bonchev–Trinajstić information content (AvgIpc) is 3.22. The van der Waals surface area contributed by atoms with Crippen LogP contribution in [0, 0.1) is 0 Å². The number of rotatable bonds is 6. The Kier molecular flexibility index (Phi) is 4.94. The molecule has 3 rings (SSSR count). The van der Waals surface area contributed by atoms with E-state index in [1.54, 1.807) is 0 Å². The molecule has 1 aromatic heterocycles. The molecule has 0 spiro atoms. The van der Waals surface area contributed by atoms with Crippen LogP contribution < -0.4 is 0 Å². The van der Waals surface area contributed by atoms with Gasteiger partial charge >= 0.3 is 4.33 Å². The maximum atomic E-state index is 16.2. The van der Waals surface area contributed by atoms with E-state index in [-0.39, 0.29) is 0 Å². The van der Waals surface area contributed by atoms with Crippen LogP contribution in [-0.4, -0.2) is 26.3 Å². The third-order valence-electron chi connectivity index (χ3n) is 3.98. The van der Waals surface area contributed by atoms with Gasteiger partial charge in [0.25, 0.3) is 0 Å². The van der Waals surface area contributed by atoms with Crippen molar-refractivity contribution in [3.8, 4) is 0 Å². The number of aliphatic hydroxyl groups excluding tert-OH is 1. The van der Waals surface area contributed by atoms with E-state index in [0.29, 0.717) is 0 Å². The van der Waals surface area contributed by atoms with Gasteiger partial charge in [-0.2, -0.15) is 0 Å². The van der Waals surface area contributed by atoms with Gasteiger partial charge in [0.1, 0.15) is 5.76 Å². The van der Waals surface area contributed by atoms with E-state index >= 15 is 4.39 Å². The van der Waals surface area contributed by atoms with Crippen molar-refractivity contribution in [3.05, 3.63) is 84.8 Å². The Hall–Kier alpha value is -2.49. The van der Waals surface area contributed by atoms with Crippen molar-refractivity contribution in [3.63, 3.8) is 0 Å². The molecule has 0 radical (unpaired) electrons. The molecule has 27 heavy (non-hydrogen) atoms. The summed E-state index contributed by atoms with van der Waals surface area (Å²) in [5.41, 5.74) is 0. The zero-order valence-electron chi connectivity index (χ0n) is 13.8. The molecule has 1 heterocycles. The SMILES string of the molecule is O=S(=O)(c1ccccc1)C(F)(C(O)c1ccco1)S(=O)(=O)c1ccccc1. The van der Waals surface area contributed by atoms with Crippen LogP contribution in [0.1, 0.15) is 11.9 Å². The van der Waals surface area contributed by atoms with Crippen LogP contribution in [0.5, 0.6) is 0 Å². The van der Waals surface area contributed by atoms with E-state index in [1.165, 1.54) is 42.5 Å². The van der Waals surface area contributed by atoms with Crippen LogP contribution >= 0.6 is 0 Å². The number of benzene rings is 2. The largest absolute Gasteiger partial charge is 0.466 e. The molecule has 0 aliphatic heterocycles. The van der Waals surface area contributed by atoms with Gasteiger partial charge in [0.05, 0.1) is 16.1 Å². The number of alkyl halides is 1. The molecule has 1 atom stereocenters. The third-order valence-corrected chi connectivity index (χ3v) is 8.99. The molecule has 2 aromatic carbocycles. The summed E-state index contributed by atoms with van der Waals surface area (Å²) in [6, 6.07) is 14.9. The number of halogens is 1. The van der Waals surface area contributed by atoms with Gasteiger partial charge in [0.15, 0.2) is 6.10 Å². The monoisotopic (exact) mass is 410 g/mol. The van der Waals surface area contributed by atoms with E-state index in [9.17, 15) is 21.9 Å². The molecule has 0 saturated carbocycles. The Morgan fingerprint density at radius 3 is 1.59 bits per heavy atom. The first kappa shape index (κ1) is 19.3. The highest BCUT2D eigenvalue weighted by atomic mass is 32.3. The summed E-state index contributed by atoms with van der Waals surface area (Å²) < 4.78 is 69.2. The number of furan rings is 1. The molecular formula is C18H15FO6S2. The Morgan fingerprint density at radius 1 is 0.778 bits per heavy atom. The molecule has 0 amide bonds. The van der Waals surface area contributed by atoms with Gasteiger partial charge in [-0.25, -0.2) is 21.2 Å². The standard InChI is InChI=1S/C18H15FO6S2/c19-18(17(20)16-12-7-13-25-16,26(21,22)14-8-3-1-4-9-14)27(23,24)15-10-5-2-6-11-15/h1-13,17,20H. The predicted molar refractivity (Wildman–Crippen MR) is 94.8 cm³/mol. The van der Waals surface area contributed by atoms with Crippen LogP contribution in [0.2, 0.25) is 0 Å². The number of hydrogen-bond acceptors (Lipinski definition) is 6. The van der Waals surface area contributed by atoms with Gasteiger partial charge in [0, 0.05) is 0 Å². The summed E-state index contributed by atoms with van der Waals surface area (Å²) in [5, 5.41) is 10.5. The zero-order valence-corrected chi connectivity index (χ0v) is 15.4. The topological polar surface area (TPSA) is 102 Å². The Morgan fingerprint density at radius 2 is 1.22 bits per heavy atom. The fourth-order valence-electron chi connectivity index (χ4n) is 2.58. The minimum absolute atomic E-state index is 0.531. The second-order valence-electron chi connectivity index (χ2n) is 5.63. The highest BCUT2D eigenvalue weighted by Crippen LogP contribution is 2.45. The molecule has 0 aliphatic rings. The molecule has 1 N–H and O–H groups in total. The first-order valence-electron chi connectivity index (χ1n) is 7.72. The van der Waals surface area contributed by atoms with Crippen molar-refractivity contribution in [2.24, 2.45) is 0 Å². The Labute approximate surface area is 155 Å². The minimum Gasteiger partial charge on any atom is -0.466 e. The molecule has 1 unspecified atom stereocenters. The molecule has 3 aromatic rings.